The number of hydrogen-bond donors (Lipinski definition) is 1. The van der Waals surface area contributed by atoms with E-state index in [0.717, 1.165) is 4.31 Å². The number of rotatable bonds is 7. The predicted molar refractivity (Wildman–Crippen MR) is 73.3 cm³/mol. The maximum atomic E-state index is 12.0. The number of nitrogens with zero attached hydrogens (tertiary/aromatic N) is 2. The number of aliphatic carboxylic acids is 1. The van der Waals surface area contributed by atoms with Crippen LogP contribution in [0.25, 0.3) is 0 Å². The van der Waals surface area contributed by atoms with Gasteiger partial charge < -0.3 is 5.11 Å². The van der Waals surface area contributed by atoms with Crippen LogP contribution < -0.4 is 0 Å². The summed E-state index contributed by atoms with van der Waals surface area (Å²) in [4.78, 5) is 10.4. The second-order valence-electron chi connectivity index (χ2n) is 4.38. The number of hydrogen-bond acceptors (Lipinski definition) is 4. The SMILES string of the molecule is CN(CCCC(=O)O)S(=O)(=O)Cc1ccc(C#N)cc1. The molecule has 0 unspecified atom stereocenters. The highest BCUT2D eigenvalue weighted by atomic mass is 32.2. The molecule has 0 aliphatic rings. The lowest BCUT2D eigenvalue weighted by Crippen LogP contribution is -2.29. The molecule has 0 spiro atoms. The Kier molecular flexibility index (Phi) is 5.67. The molecule has 1 aromatic rings. The molecule has 0 radical (unpaired) electrons. The summed E-state index contributed by atoms with van der Waals surface area (Å²) in [5.41, 5.74) is 1.06. The van der Waals surface area contributed by atoms with Gasteiger partial charge in [0.25, 0.3) is 0 Å². The number of carbonyl (C=O) groups is 1. The quantitative estimate of drug-likeness (QED) is 0.814. The number of benzene rings is 1. The Balaban J connectivity index is 2.63. The highest BCUT2D eigenvalue weighted by Gasteiger charge is 2.18. The maximum Gasteiger partial charge on any atom is 0.303 e. The predicted octanol–water partition coefficient (Wildman–Crippen LogP) is 1.18. The van der Waals surface area contributed by atoms with Crippen LogP contribution in [-0.2, 0) is 20.6 Å². The van der Waals surface area contributed by atoms with Crippen LogP contribution in [0.1, 0.15) is 24.0 Å². The van der Waals surface area contributed by atoms with E-state index in [1.165, 1.54) is 7.05 Å². The van der Waals surface area contributed by atoms with Gasteiger partial charge in [-0.25, -0.2) is 12.7 Å². The van der Waals surface area contributed by atoms with Crippen molar-refractivity contribution in [3.8, 4) is 6.07 Å². The minimum Gasteiger partial charge on any atom is -0.481 e. The standard InChI is InChI=1S/C13H16N2O4S/c1-15(8-2-3-13(16)17)20(18,19)10-12-6-4-11(9-14)5-7-12/h4-7H,2-3,8,10H2,1H3,(H,16,17). The van der Waals surface area contributed by atoms with Gasteiger partial charge in [-0.2, -0.15) is 5.26 Å². The Morgan fingerprint density at radius 3 is 2.45 bits per heavy atom. The van der Waals surface area contributed by atoms with Crippen molar-refractivity contribution in [3.05, 3.63) is 35.4 Å². The number of carboxylic acid groups (broad SMARTS) is 1. The Morgan fingerprint density at radius 2 is 1.95 bits per heavy atom. The highest BCUT2D eigenvalue weighted by Crippen LogP contribution is 2.11. The van der Waals surface area contributed by atoms with Crippen LogP contribution in [0.4, 0.5) is 0 Å². The summed E-state index contributed by atoms with van der Waals surface area (Å²) in [5.74, 6) is -1.11. The van der Waals surface area contributed by atoms with E-state index in [2.05, 4.69) is 0 Å². The molecule has 0 saturated carbocycles. The summed E-state index contributed by atoms with van der Waals surface area (Å²) in [6.07, 6.45) is 0.217. The van der Waals surface area contributed by atoms with E-state index >= 15 is 0 Å². The normalized spacial score (nSPS) is 11.2. The van der Waals surface area contributed by atoms with Crippen LogP contribution in [0, 0.1) is 11.3 Å². The van der Waals surface area contributed by atoms with Gasteiger partial charge in [-0.15, -0.1) is 0 Å². The fourth-order valence-electron chi connectivity index (χ4n) is 1.59. The zero-order valence-corrected chi connectivity index (χ0v) is 11.9. The van der Waals surface area contributed by atoms with Crippen LogP contribution in [0.3, 0.4) is 0 Å². The van der Waals surface area contributed by atoms with E-state index < -0.39 is 16.0 Å². The van der Waals surface area contributed by atoms with Crippen molar-refractivity contribution in [2.24, 2.45) is 0 Å². The molecule has 0 aliphatic carbocycles. The van der Waals surface area contributed by atoms with Gasteiger partial charge >= 0.3 is 5.97 Å². The largest absolute Gasteiger partial charge is 0.481 e. The van der Waals surface area contributed by atoms with Gasteiger partial charge in [0.2, 0.25) is 10.0 Å². The number of sulfonamides is 1. The van der Waals surface area contributed by atoms with Gasteiger partial charge in [-0.3, -0.25) is 4.79 Å². The first kappa shape index (κ1) is 16.1. The fraction of sp³-hybridized carbons (Fsp3) is 0.385. The summed E-state index contributed by atoms with van der Waals surface area (Å²) in [6, 6.07) is 8.29. The molecule has 108 valence electrons. The average molecular weight is 296 g/mol. The Bertz CT molecular complexity index is 602. The molecule has 0 saturated heterocycles. The lowest BCUT2D eigenvalue weighted by molar-refractivity contribution is -0.137. The fourth-order valence-corrected chi connectivity index (χ4v) is 2.83. The van der Waals surface area contributed by atoms with E-state index in [1.807, 2.05) is 6.07 Å². The third-order valence-corrected chi connectivity index (χ3v) is 4.60. The van der Waals surface area contributed by atoms with Crippen molar-refractivity contribution in [2.75, 3.05) is 13.6 Å². The molecule has 6 nitrogen and oxygen atoms in total. The lowest BCUT2D eigenvalue weighted by atomic mass is 10.2. The van der Waals surface area contributed by atoms with Crippen molar-refractivity contribution in [2.45, 2.75) is 18.6 Å². The third kappa shape index (κ3) is 4.99. The van der Waals surface area contributed by atoms with Gasteiger partial charge in [0.15, 0.2) is 0 Å². The minimum atomic E-state index is -3.47. The van der Waals surface area contributed by atoms with Crippen molar-refractivity contribution >= 4 is 16.0 Å². The van der Waals surface area contributed by atoms with Gasteiger partial charge in [0.1, 0.15) is 0 Å². The van der Waals surface area contributed by atoms with E-state index in [4.69, 9.17) is 10.4 Å². The summed E-state index contributed by atoms with van der Waals surface area (Å²) in [7, 11) is -2.04. The second-order valence-corrected chi connectivity index (χ2v) is 6.46. The first-order valence-electron chi connectivity index (χ1n) is 6.00. The molecular weight excluding hydrogens is 280 g/mol. The molecule has 0 atom stereocenters. The van der Waals surface area contributed by atoms with Gasteiger partial charge in [-0.1, -0.05) is 12.1 Å². The van der Waals surface area contributed by atoms with E-state index in [1.54, 1.807) is 24.3 Å². The summed E-state index contributed by atoms with van der Waals surface area (Å²) in [6.45, 7) is 0.172. The molecule has 1 rings (SSSR count). The summed E-state index contributed by atoms with van der Waals surface area (Å²) >= 11 is 0. The van der Waals surface area contributed by atoms with E-state index in [-0.39, 0.29) is 25.1 Å². The van der Waals surface area contributed by atoms with Crippen molar-refractivity contribution in [1.29, 1.82) is 5.26 Å². The first-order valence-corrected chi connectivity index (χ1v) is 7.61. The topological polar surface area (TPSA) is 98.5 Å². The van der Waals surface area contributed by atoms with Crippen molar-refractivity contribution in [1.82, 2.24) is 4.31 Å². The molecule has 1 N–H and O–H groups in total. The van der Waals surface area contributed by atoms with Crippen LogP contribution in [0.15, 0.2) is 24.3 Å². The zero-order valence-electron chi connectivity index (χ0n) is 11.1. The van der Waals surface area contributed by atoms with Crippen LogP contribution >= 0.6 is 0 Å². The van der Waals surface area contributed by atoms with Gasteiger partial charge in [0.05, 0.1) is 17.4 Å². The molecular formula is C13H16N2O4S. The molecule has 1 aromatic carbocycles. The molecule has 7 heteroatoms. The Morgan fingerprint density at radius 1 is 1.35 bits per heavy atom. The van der Waals surface area contributed by atoms with E-state index in [0.29, 0.717) is 11.1 Å². The summed E-state index contributed by atoms with van der Waals surface area (Å²) in [5, 5.41) is 17.2. The second kappa shape index (κ2) is 7.03. The van der Waals surface area contributed by atoms with E-state index in [9.17, 15) is 13.2 Å². The van der Waals surface area contributed by atoms with Crippen LogP contribution in [-0.4, -0.2) is 37.4 Å². The van der Waals surface area contributed by atoms with Crippen molar-refractivity contribution < 1.29 is 18.3 Å². The molecule has 0 aromatic heterocycles. The smallest absolute Gasteiger partial charge is 0.303 e. The average Bonchev–Trinajstić information content (AvgIpc) is 2.38. The van der Waals surface area contributed by atoms with Crippen LogP contribution in [0.5, 0.6) is 0 Å². The Hall–Kier alpha value is -1.91. The first-order chi connectivity index (χ1) is 9.35. The Labute approximate surface area is 118 Å². The molecule has 20 heavy (non-hydrogen) atoms. The van der Waals surface area contributed by atoms with Crippen molar-refractivity contribution in [3.63, 3.8) is 0 Å². The molecule has 0 bridgehead atoms. The maximum absolute atomic E-state index is 12.0. The minimum absolute atomic E-state index is 0.0588. The number of carboxylic acids is 1. The molecule has 0 aliphatic heterocycles. The summed E-state index contributed by atoms with van der Waals surface area (Å²) < 4.78 is 25.2. The molecule has 0 heterocycles. The zero-order chi connectivity index (χ0) is 15.2. The molecule has 0 fully saturated rings. The van der Waals surface area contributed by atoms with Crippen LogP contribution in [0.2, 0.25) is 0 Å². The van der Waals surface area contributed by atoms with Gasteiger partial charge in [0, 0.05) is 20.0 Å². The van der Waals surface area contributed by atoms with Gasteiger partial charge in [-0.05, 0) is 24.1 Å². The third-order valence-electron chi connectivity index (χ3n) is 2.77. The number of nitriles is 1. The highest BCUT2D eigenvalue weighted by molar-refractivity contribution is 7.88. The molecule has 0 amide bonds. The lowest BCUT2D eigenvalue weighted by Gasteiger charge is -2.16. The monoisotopic (exact) mass is 296 g/mol.